The van der Waals surface area contributed by atoms with Crippen molar-refractivity contribution in [1.82, 2.24) is 5.32 Å². The maximum atomic E-state index is 12.1. The van der Waals surface area contributed by atoms with Gasteiger partial charge in [-0.1, -0.05) is 30.3 Å². The summed E-state index contributed by atoms with van der Waals surface area (Å²) in [6.07, 6.45) is 2.25. The molecular formula is C16H24N2O2. The molecular weight excluding hydrogens is 252 g/mol. The molecule has 0 radical (unpaired) electrons. The lowest BCUT2D eigenvalue weighted by Gasteiger charge is -2.36. The Morgan fingerprint density at radius 3 is 2.80 bits per heavy atom. The van der Waals surface area contributed by atoms with Crippen LogP contribution >= 0.6 is 0 Å². The molecule has 1 unspecified atom stereocenters. The number of nitrogens with two attached hydrogens (primary N) is 1. The van der Waals surface area contributed by atoms with Crippen molar-refractivity contribution in [3.05, 3.63) is 35.9 Å². The van der Waals surface area contributed by atoms with E-state index < -0.39 is 6.04 Å². The molecule has 1 saturated heterocycles. The van der Waals surface area contributed by atoms with Gasteiger partial charge in [0.05, 0.1) is 11.6 Å². The largest absolute Gasteiger partial charge is 0.375 e. The van der Waals surface area contributed by atoms with Gasteiger partial charge in [0.1, 0.15) is 0 Å². The molecule has 3 N–H and O–H groups in total. The Bertz CT molecular complexity index is 445. The topological polar surface area (TPSA) is 64.4 Å². The Morgan fingerprint density at radius 2 is 2.15 bits per heavy atom. The minimum atomic E-state index is -0.497. The summed E-state index contributed by atoms with van der Waals surface area (Å²) in [4.78, 5) is 12.1. The number of amides is 1. The van der Waals surface area contributed by atoms with E-state index in [4.69, 9.17) is 10.5 Å². The molecule has 0 spiro atoms. The monoisotopic (exact) mass is 276 g/mol. The van der Waals surface area contributed by atoms with Crippen molar-refractivity contribution >= 4 is 5.91 Å². The normalized spacial score (nSPS) is 23.1. The second kappa shape index (κ2) is 6.37. The smallest absolute Gasteiger partial charge is 0.237 e. The fourth-order valence-corrected chi connectivity index (χ4v) is 2.62. The van der Waals surface area contributed by atoms with E-state index in [0.29, 0.717) is 13.0 Å². The molecule has 1 aliphatic heterocycles. The van der Waals surface area contributed by atoms with Gasteiger partial charge in [-0.05, 0) is 38.7 Å². The molecule has 4 heteroatoms. The summed E-state index contributed by atoms with van der Waals surface area (Å²) < 4.78 is 5.65. The van der Waals surface area contributed by atoms with E-state index in [2.05, 4.69) is 19.2 Å². The number of ether oxygens (including phenoxy) is 1. The summed E-state index contributed by atoms with van der Waals surface area (Å²) in [6.45, 7) is 4.79. The molecule has 1 aromatic rings. The third-order valence-corrected chi connectivity index (χ3v) is 3.68. The SMILES string of the molecule is CC1(C)CC(NC(=O)[C@@H](N)Cc2ccccc2)CCO1. The number of nitrogens with one attached hydrogen (secondary N) is 1. The maximum Gasteiger partial charge on any atom is 0.237 e. The zero-order valence-electron chi connectivity index (χ0n) is 12.3. The molecule has 1 heterocycles. The Labute approximate surface area is 120 Å². The van der Waals surface area contributed by atoms with Gasteiger partial charge >= 0.3 is 0 Å². The number of rotatable bonds is 4. The number of hydrogen-bond donors (Lipinski definition) is 2. The van der Waals surface area contributed by atoms with E-state index in [-0.39, 0.29) is 17.6 Å². The fraction of sp³-hybridized carbons (Fsp3) is 0.562. The van der Waals surface area contributed by atoms with Crippen molar-refractivity contribution in [3.63, 3.8) is 0 Å². The second-order valence-electron chi connectivity index (χ2n) is 6.10. The van der Waals surface area contributed by atoms with E-state index in [0.717, 1.165) is 18.4 Å². The van der Waals surface area contributed by atoms with Crippen molar-refractivity contribution < 1.29 is 9.53 Å². The van der Waals surface area contributed by atoms with Gasteiger partial charge in [0.2, 0.25) is 5.91 Å². The van der Waals surface area contributed by atoms with Gasteiger partial charge < -0.3 is 15.8 Å². The average molecular weight is 276 g/mol. The highest BCUT2D eigenvalue weighted by atomic mass is 16.5. The Hall–Kier alpha value is -1.39. The van der Waals surface area contributed by atoms with Crippen LogP contribution in [0.2, 0.25) is 0 Å². The van der Waals surface area contributed by atoms with Crippen LogP contribution in [-0.2, 0) is 16.0 Å². The molecule has 0 aromatic heterocycles. The van der Waals surface area contributed by atoms with Crippen molar-refractivity contribution in [1.29, 1.82) is 0 Å². The number of benzene rings is 1. The number of hydrogen-bond acceptors (Lipinski definition) is 3. The van der Waals surface area contributed by atoms with Crippen LogP contribution in [0, 0.1) is 0 Å². The summed E-state index contributed by atoms with van der Waals surface area (Å²) in [5.41, 5.74) is 6.91. The van der Waals surface area contributed by atoms with Gasteiger partial charge in [0, 0.05) is 12.6 Å². The molecule has 2 atom stereocenters. The lowest BCUT2D eigenvalue weighted by molar-refractivity contribution is -0.125. The molecule has 4 nitrogen and oxygen atoms in total. The van der Waals surface area contributed by atoms with Crippen molar-refractivity contribution in [2.24, 2.45) is 5.73 Å². The second-order valence-corrected chi connectivity index (χ2v) is 6.10. The molecule has 0 saturated carbocycles. The highest BCUT2D eigenvalue weighted by Crippen LogP contribution is 2.23. The highest BCUT2D eigenvalue weighted by Gasteiger charge is 2.30. The van der Waals surface area contributed by atoms with E-state index in [9.17, 15) is 4.79 Å². The first-order chi connectivity index (χ1) is 9.46. The zero-order chi connectivity index (χ0) is 14.6. The van der Waals surface area contributed by atoms with E-state index >= 15 is 0 Å². The first-order valence-electron chi connectivity index (χ1n) is 7.20. The van der Waals surface area contributed by atoms with Crippen LogP contribution in [0.3, 0.4) is 0 Å². The van der Waals surface area contributed by atoms with Crippen LogP contribution in [-0.4, -0.2) is 30.2 Å². The summed E-state index contributed by atoms with van der Waals surface area (Å²) in [7, 11) is 0. The summed E-state index contributed by atoms with van der Waals surface area (Å²) in [5, 5.41) is 3.05. The zero-order valence-corrected chi connectivity index (χ0v) is 12.3. The molecule has 110 valence electrons. The standard InChI is InChI=1S/C16H24N2O2/c1-16(2)11-13(8-9-20-16)18-15(19)14(17)10-12-6-4-3-5-7-12/h3-7,13-14H,8-11,17H2,1-2H3,(H,18,19)/t13?,14-/m0/s1. The highest BCUT2D eigenvalue weighted by molar-refractivity contribution is 5.82. The van der Waals surface area contributed by atoms with Gasteiger partial charge in [0.15, 0.2) is 0 Å². The summed E-state index contributed by atoms with van der Waals surface area (Å²) in [6, 6.07) is 9.52. The minimum absolute atomic E-state index is 0.0726. The van der Waals surface area contributed by atoms with Crippen LogP contribution in [0.25, 0.3) is 0 Å². The molecule has 1 aromatic carbocycles. The van der Waals surface area contributed by atoms with E-state index in [1.54, 1.807) is 0 Å². The first kappa shape index (κ1) is 15.0. The fourth-order valence-electron chi connectivity index (χ4n) is 2.62. The minimum Gasteiger partial charge on any atom is -0.375 e. The van der Waals surface area contributed by atoms with Crippen LogP contribution in [0.15, 0.2) is 30.3 Å². The Kier molecular flexibility index (Phi) is 4.78. The molecule has 2 rings (SSSR count). The maximum absolute atomic E-state index is 12.1. The predicted octanol–water partition coefficient (Wildman–Crippen LogP) is 1.63. The molecule has 1 fully saturated rings. The molecule has 1 aliphatic rings. The Morgan fingerprint density at radius 1 is 1.45 bits per heavy atom. The van der Waals surface area contributed by atoms with Gasteiger partial charge in [-0.25, -0.2) is 0 Å². The average Bonchev–Trinajstić information content (AvgIpc) is 2.38. The van der Waals surface area contributed by atoms with Gasteiger partial charge in [-0.15, -0.1) is 0 Å². The van der Waals surface area contributed by atoms with E-state index in [1.165, 1.54) is 0 Å². The van der Waals surface area contributed by atoms with E-state index in [1.807, 2.05) is 30.3 Å². The molecule has 0 aliphatic carbocycles. The molecule has 20 heavy (non-hydrogen) atoms. The third-order valence-electron chi connectivity index (χ3n) is 3.68. The lowest BCUT2D eigenvalue weighted by atomic mass is 9.93. The summed E-state index contributed by atoms with van der Waals surface area (Å²) >= 11 is 0. The van der Waals surface area contributed by atoms with Crippen molar-refractivity contribution in [3.8, 4) is 0 Å². The van der Waals surface area contributed by atoms with Crippen molar-refractivity contribution in [2.45, 2.75) is 50.8 Å². The van der Waals surface area contributed by atoms with Crippen LogP contribution in [0.1, 0.15) is 32.3 Å². The molecule has 1 amide bonds. The van der Waals surface area contributed by atoms with Gasteiger partial charge in [-0.2, -0.15) is 0 Å². The first-order valence-corrected chi connectivity index (χ1v) is 7.20. The quantitative estimate of drug-likeness (QED) is 0.878. The molecule has 0 bridgehead atoms. The third kappa shape index (κ3) is 4.32. The summed E-state index contributed by atoms with van der Waals surface area (Å²) in [5.74, 6) is -0.0726. The predicted molar refractivity (Wildman–Crippen MR) is 79.3 cm³/mol. The van der Waals surface area contributed by atoms with Crippen LogP contribution in [0.5, 0.6) is 0 Å². The lowest BCUT2D eigenvalue weighted by Crippen LogP contribution is -2.51. The van der Waals surface area contributed by atoms with Gasteiger partial charge in [0.25, 0.3) is 0 Å². The van der Waals surface area contributed by atoms with Gasteiger partial charge in [-0.3, -0.25) is 4.79 Å². The number of carbonyl (C=O) groups excluding carboxylic acids is 1. The van der Waals surface area contributed by atoms with Crippen LogP contribution in [0.4, 0.5) is 0 Å². The van der Waals surface area contributed by atoms with Crippen molar-refractivity contribution in [2.75, 3.05) is 6.61 Å². The van der Waals surface area contributed by atoms with Crippen LogP contribution < -0.4 is 11.1 Å². The number of carbonyl (C=O) groups is 1. The Balaban J connectivity index is 1.85.